The second-order valence-corrected chi connectivity index (χ2v) is 7.64. The lowest BCUT2D eigenvalue weighted by Crippen LogP contribution is -2.64. The number of piperazine rings is 1. The molecule has 3 atom stereocenters. The molecule has 0 spiro atoms. The Hall–Kier alpha value is -3.14. The van der Waals surface area contributed by atoms with E-state index >= 15 is 0 Å². The number of primary amides is 1. The molecular formula is C22H21F2N3O2. The Kier molecular flexibility index (Phi) is 4.65. The highest BCUT2D eigenvalue weighted by Gasteiger charge is 2.45. The van der Waals surface area contributed by atoms with Crippen molar-refractivity contribution < 1.29 is 18.4 Å². The van der Waals surface area contributed by atoms with Crippen molar-refractivity contribution in [2.75, 3.05) is 13.6 Å². The van der Waals surface area contributed by atoms with Crippen LogP contribution in [0.5, 0.6) is 0 Å². The molecule has 0 bridgehead atoms. The van der Waals surface area contributed by atoms with E-state index in [1.54, 1.807) is 24.1 Å². The first kappa shape index (κ1) is 19.2. The van der Waals surface area contributed by atoms with E-state index in [1.165, 1.54) is 17.0 Å². The van der Waals surface area contributed by atoms with Gasteiger partial charge in [0, 0.05) is 30.2 Å². The topological polar surface area (TPSA) is 66.6 Å². The second kappa shape index (κ2) is 7.03. The van der Waals surface area contributed by atoms with Gasteiger partial charge in [0.15, 0.2) is 0 Å². The second-order valence-electron chi connectivity index (χ2n) is 7.64. The van der Waals surface area contributed by atoms with Crippen molar-refractivity contribution in [1.29, 1.82) is 0 Å². The highest BCUT2D eigenvalue weighted by molar-refractivity contribution is 5.85. The summed E-state index contributed by atoms with van der Waals surface area (Å²) in [6, 6.07) is 9.94. The van der Waals surface area contributed by atoms with Gasteiger partial charge >= 0.3 is 6.03 Å². The fourth-order valence-electron chi connectivity index (χ4n) is 4.64. The Morgan fingerprint density at radius 3 is 2.66 bits per heavy atom. The first-order valence-electron chi connectivity index (χ1n) is 9.51. The first-order valence-corrected chi connectivity index (χ1v) is 9.51. The van der Waals surface area contributed by atoms with Gasteiger partial charge in [0.05, 0.1) is 12.1 Å². The van der Waals surface area contributed by atoms with E-state index in [2.05, 4.69) is 12.1 Å². The van der Waals surface area contributed by atoms with Gasteiger partial charge < -0.3 is 15.5 Å². The van der Waals surface area contributed by atoms with Crippen LogP contribution in [0.15, 0.2) is 24.3 Å². The molecule has 2 N–H and O–H groups in total. The number of nitrogens with two attached hydrogens (primary N) is 1. The zero-order valence-electron chi connectivity index (χ0n) is 16.2. The summed E-state index contributed by atoms with van der Waals surface area (Å²) in [6.07, 6.45) is 0.635. The summed E-state index contributed by atoms with van der Waals surface area (Å²) in [6.45, 7) is 1.63. The van der Waals surface area contributed by atoms with Crippen LogP contribution in [0, 0.1) is 23.8 Å². The summed E-state index contributed by atoms with van der Waals surface area (Å²) in [7, 11) is 1.66. The van der Waals surface area contributed by atoms with Crippen molar-refractivity contribution >= 4 is 11.9 Å². The van der Waals surface area contributed by atoms with Crippen LogP contribution in [0.3, 0.4) is 0 Å². The molecule has 1 fully saturated rings. The number of hydrogen-bond acceptors (Lipinski definition) is 2. The maximum Gasteiger partial charge on any atom is 0.315 e. The molecule has 2 aliphatic rings. The van der Waals surface area contributed by atoms with Gasteiger partial charge in [0.1, 0.15) is 18.2 Å². The van der Waals surface area contributed by atoms with Gasteiger partial charge in [0.25, 0.3) is 0 Å². The van der Waals surface area contributed by atoms with Crippen LogP contribution in [-0.2, 0) is 17.6 Å². The predicted octanol–water partition coefficient (Wildman–Crippen LogP) is 2.41. The van der Waals surface area contributed by atoms with E-state index < -0.39 is 29.8 Å². The number of fused-ring (bicyclic) bond motifs is 2. The van der Waals surface area contributed by atoms with Crippen LogP contribution in [0.2, 0.25) is 0 Å². The minimum absolute atomic E-state index is 0.184. The van der Waals surface area contributed by atoms with Crippen molar-refractivity contribution in [3.8, 4) is 0 Å². The third-order valence-electron chi connectivity index (χ3n) is 6.23. The molecule has 4 rings (SSSR count). The average Bonchev–Trinajstić information content (AvgIpc) is 2.85. The number of rotatable bonds is 1. The third-order valence-corrected chi connectivity index (χ3v) is 6.23. The van der Waals surface area contributed by atoms with Gasteiger partial charge in [0.2, 0.25) is 5.91 Å². The summed E-state index contributed by atoms with van der Waals surface area (Å²) in [5, 5.41) is 0. The van der Waals surface area contributed by atoms with Gasteiger partial charge in [-0.3, -0.25) is 4.79 Å². The highest BCUT2D eigenvalue weighted by Crippen LogP contribution is 2.41. The number of benzene rings is 1. The third kappa shape index (κ3) is 3.00. The number of carbonyl (C=O) groups is 2. The SMILES string of the molecule is CC1[C@H](C2c3c#ccc(F)c3CCc3c(F)cccc32)N(C(N)=O)CC(=O)N1C. The van der Waals surface area contributed by atoms with Crippen LogP contribution < -0.4 is 5.73 Å². The lowest BCUT2D eigenvalue weighted by molar-refractivity contribution is -0.138. The normalized spacial score (nSPS) is 21.9. The lowest BCUT2D eigenvalue weighted by Gasteiger charge is -2.47. The molecule has 0 radical (unpaired) electrons. The number of nitrogens with zero attached hydrogens (tertiary/aromatic N) is 2. The zero-order chi connectivity index (χ0) is 20.9. The number of urea groups is 1. The number of halogens is 2. The average molecular weight is 397 g/mol. The van der Waals surface area contributed by atoms with Crippen molar-refractivity contribution in [1.82, 2.24) is 9.80 Å². The molecule has 0 saturated carbocycles. The fraction of sp³-hybridized carbons (Fsp3) is 0.364. The van der Waals surface area contributed by atoms with Crippen molar-refractivity contribution in [2.45, 2.75) is 37.8 Å². The maximum atomic E-state index is 14.7. The summed E-state index contributed by atoms with van der Waals surface area (Å²) < 4.78 is 29.4. The molecular weight excluding hydrogens is 376 g/mol. The first-order chi connectivity index (χ1) is 13.8. The van der Waals surface area contributed by atoms with Gasteiger partial charge in [-0.15, -0.1) is 0 Å². The largest absolute Gasteiger partial charge is 0.351 e. The van der Waals surface area contributed by atoms with E-state index in [0.29, 0.717) is 35.1 Å². The van der Waals surface area contributed by atoms with Gasteiger partial charge in [-0.1, -0.05) is 24.3 Å². The molecule has 0 aromatic heterocycles. The molecule has 5 nitrogen and oxygen atoms in total. The maximum absolute atomic E-state index is 14.7. The quantitative estimate of drug-likeness (QED) is 0.803. The smallest absolute Gasteiger partial charge is 0.315 e. The van der Waals surface area contributed by atoms with Crippen LogP contribution in [-0.4, -0.2) is 47.4 Å². The summed E-state index contributed by atoms with van der Waals surface area (Å²) in [5.74, 6) is -1.64. The van der Waals surface area contributed by atoms with Gasteiger partial charge in [-0.05, 0) is 37.0 Å². The molecule has 2 aromatic rings. The molecule has 29 heavy (non-hydrogen) atoms. The van der Waals surface area contributed by atoms with E-state index in [-0.39, 0.29) is 18.3 Å². The minimum atomic E-state index is -0.743. The van der Waals surface area contributed by atoms with Crippen molar-refractivity contribution in [3.63, 3.8) is 0 Å². The van der Waals surface area contributed by atoms with Crippen LogP contribution in [0.4, 0.5) is 13.6 Å². The number of amides is 3. The van der Waals surface area contributed by atoms with Crippen molar-refractivity contribution in [2.24, 2.45) is 5.73 Å². The Morgan fingerprint density at radius 1 is 1.21 bits per heavy atom. The van der Waals surface area contributed by atoms with E-state index in [4.69, 9.17) is 5.73 Å². The van der Waals surface area contributed by atoms with Crippen molar-refractivity contribution in [3.05, 3.63) is 70.3 Å². The lowest BCUT2D eigenvalue weighted by atomic mass is 9.78. The highest BCUT2D eigenvalue weighted by atomic mass is 19.1. The van der Waals surface area contributed by atoms with E-state index in [9.17, 15) is 18.4 Å². The Labute approximate surface area is 168 Å². The Morgan fingerprint density at radius 2 is 1.93 bits per heavy atom. The van der Waals surface area contributed by atoms with Gasteiger partial charge in [-0.25, -0.2) is 13.6 Å². The van der Waals surface area contributed by atoms with Crippen LogP contribution >= 0.6 is 0 Å². The predicted molar refractivity (Wildman–Crippen MR) is 102 cm³/mol. The molecule has 2 unspecified atom stereocenters. The minimum Gasteiger partial charge on any atom is -0.351 e. The molecule has 2 aromatic carbocycles. The summed E-state index contributed by atoms with van der Waals surface area (Å²) >= 11 is 0. The van der Waals surface area contributed by atoms with Crippen LogP contribution in [0.25, 0.3) is 0 Å². The van der Waals surface area contributed by atoms with E-state index in [0.717, 1.165) is 0 Å². The number of carbonyl (C=O) groups excluding carboxylic acids is 2. The molecule has 1 heterocycles. The Bertz CT molecular complexity index is 941. The molecule has 150 valence electrons. The molecule has 1 aliphatic carbocycles. The van der Waals surface area contributed by atoms with Crippen LogP contribution in [0.1, 0.15) is 35.1 Å². The Balaban J connectivity index is 1.98. The number of hydrogen-bond donors (Lipinski definition) is 1. The van der Waals surface area contributed by atoms with Gasteiger partial charge in [-0.2, -0.15) is 0 Å². The standard InChI is InChI=1S/C22H21F2N3O2/c1-12-21(27(22(25)29)11-19(28)26(12)2)20-15-5-3-7-17(23)13(15)9-10-14-16(20)6-4-8-18(14)24/h3,5,7-8,12,20-21H,9-11H2,1-2H3,(H2,25,29)/t12?,20?,21-/m1/s1. The number of likely N-dealkylation sites (N-methyl/N-ethyl adjacent to an activating group) is 1. The summed E-state index contributed by atoms with van der Waals surface area (Å²) in [4.78, 5) is 27.5. The molecule has 1 saturated heterocycles. The molecule has 3 amide bonds. The molecule has 1 aliphatic heterocycles. The fourth-order valence-corrected chi connectivity index (χ4v) is 4.64. The van der Waals surface area contributed by atoms with E-state index in [1.807, 2.05) is 6.92 Å². The monoisotopic (exact) mass is 397 g/mol. The summed E-state index contributed by atoms with van der Waals surface area (Å²) in [5.41, 5.74) is 7.72. The molecule has 7 heteroatoms. The zero-order valence-corrected chi connectivity index (χ0v) is 16.2.